The number of nitrogens with zero attached hydrogens (tertiary/aromatic N) is 1. The molecule has 0 radical (unpaired) electrons. The molecule has 0 bridgehead atoms. The Balaban J connectivity index is 2.46. The number of aromatic carboxylic acids is 1. The molecule has 0 saturated heterocycles. The topological polar surface area (TPSA) is 50.2 Å². The number of carboxylic acid groups (broad SMARTS) is 1. The van der Waals surface area contributed by atoms with E-state index in [-0.39, 0.29) is 0 Å². The van der Waals surface area contributed by atoms with Gasteiger partial charge in [-0.15, -0.1) is 11.3 Å². The van der Waals surface area contributed by atoms with Gasteiger partial charge in [-0.05, 0) is 43.7 Å². The number of aromatic nitrogens is 1. The zero-order chi connectivity index (χ0) is 11.7. The lowest BCUT2D eigenvalue weighted by Crippen LogP contribution is -1.89. The van der Waals surface area contributed by atoms with E-state index in [0.717, 1.165) is 21.8 Å². The van der Waals surface area contributed by atoms with E-state index in [0.29, 0.717) is 4.88 Å². The fraction of sp³-hybridized carbons (Fsp3) is 0.167. The maximum Gasteiger partial charge on any atom is 0.345 e. The molecule has 0 saturated carbocycles. The molecular weight excluding hydrogens is 222 g/mol. The van der Waals surface area contributed by atoms with Gasteiger partial charge in [-0.25, -0.2) is 4.79 Å². The molecule has 0 spiro atoms. The van der Waals surface area contributed by atoms with Crippen LogP contribution in [0.5, 0.6) is 0 Å². The molecule has 4 heteroatoms. The van der Waals surface area contributed by atoms with Crippen LogP contribution in [0.15, 0.2) is 24.3 Å². The maximum absolute atomic E-state index is 10.8. The summed E-state index contributed by atoms with van der Waals surface area (Å²) in [6, 6.07) is 7.39. The highest BCUT2D eigenvalue weighted by Gasteiger charge is 2.08. The Bertz CT molecular complexity index is 525. The quantitative estimate of drug-likeness (QED) is 0.867. The number of carbonyl (C=O) groups is 1. The monoisotopic (exact) mass is 233 g/mol. The lowest BCUT2D eigenvalue weighted by molar-refractivity contribution is 0.0702. The van der Waals surface area contributed by atoms with Crippen molar-refractivity contribution in [2.24, 2.45) is 0 Å². The first kappa shape index (κ1) is 10.8. The standard InChI is InChI=1S/C12H11NO2S/c1-7-5-9(6-8(2)13-7)10-3-4-11(16-10)12(14)15/h3-6H,1-2H3,(H,14,15). The van der Waals surface area contributed by atoms with Gasteiger partial charge >= 0.3 is 5.97 Å². The third-order valence-electron chi connectivity index (χ3n) is 2.18. The smallest absolute Gasteiger partial charge is 0.345 e. The number of hydrogen-bond acceptors (Lipinski definition) is 3. The summed E-state index contributed by atoms with van der Waals surface area (Å²) in [6.07, 6.45) is 0. The third-order valence-corrected chi connectivity index (χ3v) is 3.31. The summed E-state index contributed by atoms with van der Waals surface area (Å²) in [7, 11) is 0. The molecule has 2 aromatic heterocycles. The SMILES string of the molecule is Cc1cc(-c2ccc(C(=O)O)s2)cc(C)n1. The normalized spacial score (nSPS) is 10.4. The summed E-state index contributed by atoms with van der Waals surface area (Å²) in [5.41, 5.74) is 2.92. The molecule has 2 aromatic rings. The highest BCUT2D eigenvalue weighted by atomic mass is 32.1. The molecule has 3 nitrogen and oxygen atoms in total. The summed E-state index contributed by atoms with van der Waals surface area (Å²) >= 11 is 1.28. The van der Waals surface area contributed by atoms with Crippen molar-refractivity contribution in [2.75, 3.05) is 0 Å². The fourth-order valence-electron chi connectivity index (χ4n) is 1.58. The molecule has 1 N–H and O–H groups in total. The number of rotatable bonds is 2. The van der Waals surface area contributed by atoms with Gasteiger partial charge in [0.05, 0.1) is 0 Å². The summed E-state index contributed by atoms with van der Waals surface area (Å²) in [6.45, 7) is 3.87. The minimum Gasteiger partial charge on any atom is -0.477 e. The predicted octanol–water partition coefficient (Wildman–Crippen LogP) is 3.13. The van der Waals surface area contributed by atoms with Crippen molar-refractivity contribution in [3.8, 4) is 10.4 Å². The van der Waals surface area contributed by atoms with E-state index >= 15 is 0 Å². The molecule has 0 amide bonds. The Labute approximate surface area is 97.4 Å². The Morgan fingerprint density at radius 1 is 1.25 bits per heavy atom. The van der Waals surface area contributed by atoms with E-state index in [1.807, 2.05) is 32.0 Å². The first-order chi connectivity index (χ1) is 7.56. The van der Waals surface area contributed by atoms with Crippen molar-refractivity contribution in [1.29, 1.82) is 0 Å². The van der Waals surface area contributed by atoms with Crippen LogP contribution >= 0.6 is 11.3 Å². The first-order valence-electron chi connectivity index (χ1n) is 4.85. The molecule has 2 rings (SSSR count). The third kappa shape index (κ3) is 2.12. The summed E-state index contributed by atoms with van der Waals surface area (Å²) in [5.74, 6) is -0.876. The van der Waals surface area contributed by atoms with Gasteiger partial charge in [0.1, 0.15) is 4.88 Å². The fourth-order valence-corrected chi connectivity index (χ4v) is 2.42. The average molecular weight is 233 g/mol. The van der Waals surface area contributed by atoms with Crippen LogP contribution in [-0.4, -0.2) is 16.1 Å². The second-order valence-corrected chi connectivity index (χ2v) is 4.69. The predicted molar refractivity (Wildman–Crippen MR) is 64.0 cm³/mol. The molecule has 0 unspecified atom stereocenters. The van der Waals surface area contributed by atoms with Crippen LogP contribution in [0.3, 0.4) is 0 Å². The van der Waals surface area contributed by atoms with Gasteiger partial charge in [0.25, 0.3) is 0 Å². The Morgan fingerprint density at radius 2 is 1.88 bits per heavy atom. The molecule has 0 aliphatic carbocycles. The molecule has 0 aliphatic rings. The molecule has 0 aliphatic heterocycles. The van der Waals surface area contributed by atoms with Crippen LogP contribution < -0.4 is 0 Å². The largest absolute Gasteiger partial charge is 0.477 e. The van der Waals surface area contributed by atoms with Gasteiger partial charge in [-0.3, -0.25) is 4.98 Å². The van der Waals surface area contributed by atoms with Crippen LogP contribution in [0, 0.1) is 13.8 Å². The van der Waals surface area contributed by atoms with Gasteiger partial charge in [0.2, 0.25) is 0 Å². The van der Waals surface area contributed by atoms with E-state index < -0.39 is 5.97 Å². The minimum absolute atomic E-state index is 0.363. The van der Waals surface area contributed by atoms with E-state index in [2.05, 4.69) is 4.98 Å². The second-order valence-electron chi connectivity index (χ2n) is 3.61. The molecule has 16 heavy (non-hydrogen) atoms. The molecule has 2 heterocycles. The van der Waals surface area contributed by atoms with E-state index in [1.54, 1.807) is 6.07 Å². The zero-order valence-corrected chi connectivity index (χ0v) is 9.84. The van der Waals surface area contributed by atoms with Crippen molar-refractivity contribution in [3.63, 3.8) is 0 Å². The summed E-state index contributed by atoms with van der Waals surface area (Å²) in [4.78, 5) is 16.4. The van der Waals surface area contributed by atoms with Gasteiger partial charge < -0.3 is 5.11 Å². The van der Waals surface area contributed by atoms with E-state index in [1.165, 1.54) is 11.3 Å². The zero-order valence-electron chi connectivity index (χ0n) is 9.02. The van der Waals surface area contributed by atoms with Crippen molar-refractivity contribution in [1.82, 2.24) is 4.98 Å². The summed E-state index contributed by atoms with van der Waals surface area (Å²) < 4.78 is 0. The van der Waals surface area contributed by atoms with Crippen LogP contribution in [0.2, 0.25) is 0 Å². The van der Waals surface area contributed by atoms with Crippen molar-refractivity contribution in [3.05, 3.63) is 40.5 Å². The number of aryl methyl sites for hydroxylation is 2. The maximum atomic E-state index is 10.8. The van der Waals surface area contributed by atoms with Crippen LogP contribution in [-0.2, 0) is 0 Å². The Kier molecular flexibility index (Phi) is 2.75. The molecule has 0 aromatic carbocycles. The Morgan fingerprint density at radius 3 is 2.38 bits per heavy atom. The molecule has 0 fully saturated rings. The van der Waals surface area contributed by atoms with Gasteiger partial charge in [-0.1, -0.05) is 0 Å². The molecule has 0 atom stereocenters. The number of thiophene rings is 1. The van der Waals surface area contributed by atoms with Crippen LogP contribution in [0.1, 0.15) is 21.1 Å². The highest BCUT2D eigenvalue weighted by molar-refractivity contribution is 7.17. The molecule has 82 valence electrons. The lowest BCUT2D eigenvalue weighted by Gasteiger charge is -2.01. The van der Waals surface area contributed by atoms with Crippen LogP contribution in [0.4, 0.5) is 0 Å². The first-order valence-corrected chi connectivity index (χ1v) is 5.67. The van der Waals surface area contributed by atoms with E-state index in [4.69, 9.17) is 5.11 Å². The number of hydrogen-bond donors (Lipinski definition) is 1. The highest BCUT2D eigenvalue weighted by Crippen LogP contribution is 2.28. The average Bonchev–Trinajstić information content (AvgIpc) is 2.64. The van der Waals surface area contributed by atoms with Crippen molar-refractivity contribution >= 4 is 17.3 Å². The number of pyridine rings is 1. The van der Waals surface area contributed by atoms with Gasteiger partial charge in [0.15, 0.2) is 0 Å². The summed E-state index contributed by atoms with van der Waals surface area (Å²) in [5, 5.41) is 8.85. The van der Waals surface area contributed by atoms with Crippen molar-refractivity contribution in [2.45, 2.75) is 13.8 Å². The molecular formula is C12H11NO2S. The van der Waals surface area contributed by atoms with E-state index in [9.17, 15) is 4.79 Å². The van der Waals surface area contributed by atoms with Gasteiger partial charge in [-0.2, -0.15) is 0 Å². The van der Waals surface area contributed by atoms with Gasteiger partial charge in [0, 0.05) is 16.3 Å². The Hall–Kier alpha value is -1.68. The van der Waals surface area contributed by atoms with Crippen molar-refractivity contribution < 1.29 is 9.90 Å². The lowest BCUT2D eigenvalue weighted by atomic mass is 10.1. The minimum atomic E-state index is -0.876. The second kappa shape index (κ2) is 4.06. The number of carboxylic acids is 1. The van der Waals surface area contributed by atoms with Crippen LogP contribution in [0.25, 0.3) is 10.4 Å².